The number of carbonyl (C=O) groups excluding carboxylic acids is 1. The number of benzene rings is 1. The van der Waals surface area contributed by atoms with E-state index >= 15 is 0 Å². The van der Waals surface area contributed by atoms with Gasteiger partial charge in [-0.3, -0.25) is 0 Å². The number of carbonyl (C=O) groups is 1. The Labute approximate surface area is 147 Å². The van der Waals surface area contributed by atoms with Crippen LogP contribution >= 0.6 is 11.6 Å². The number of amides is 1. The molecule has 2 rings (SSSR count). The Morgan fingerprint density at radius 1 is 1.42 bits per heavy atom. The number of nitriles is 1. The normalized spacial score (nSPS) is 17.2. The Kier molecular flexibility index (Phi) is 5.71. The van der Waals surface area contributed by atoms with Crippen LogP contribution in [-0.4, -0.2) is 29.7 Å². The topological polar surface area (TPSA) is 53.3 Å². The number of likely N-dealkylation sites (tertiary alicyclic amines) is 1. The molecule has 1 aromatic rings. The van der Waals surface area contributed by atoms with E-state index in [0.717, 1.165) is 0 Å². The molecule has 0 aliphatic carbocycles. The van der Waals surface area contributed by atoms with Crippen molar-refractivity contribution in [2.24, 2.45) is 5.92 Å². The number of hydrogen-bond donors (Lipinski definition) is 0. The number of piperidine rings is 1. The first-order chi connectivity index (χ1) is 11.2. The van der Waals surface area contributed by atoms with Gasteiger partial charge in [-0.15, -0.1) is 0 Å². The largest absolute Gasteiger partial charge is 0.444 e. The van der Waals surface area contributed by atoms with Crippen molar-refractivity contribution in [1.29, 1.82) is 5.26 Å². The Balaban J connectivity index is 2.02. The molecule has 1 fully saturated rings. The van der Waals surface area contributed by atoms with Crippen LogP contribution in [0.25, 0.3) is 0 Å². The zero-order valence-corrected chi connectivity index (χ0v) is 14.9. The summed E-state index contributed by atoms with van der Waals surface area (Å²) < 4.78 is 19.5. The van der Waals surface area contributed by atoms with Gasteiger partial charge in [0.2, 0.25) is 0 Å². The van der Waals surface area contributed by atoms with Crippen molar-refractivity contribution in [2.75, 3.05) is 13.1 Å². The molecule has 1 aromatic carbocycles. The van der Waals surface area contributed by atoms with E-state index in [2.05, 4.69) is 6.07 Å². The minimum absolute atomic E-state index is 0.00404. The van der Waals surface area contributed by atoms with E-state index in [1.807, 2.05) is 20.8 Å². The van der Waals surface area contributed by atoms with Gasteiger partial charge in [0.15, 0.2) is 0 Å². The maximum absolute atomic E-state index is 14.1. The van der Waals surface area contributed by atoms with Crippen molar-refractivity contribution in [3.05, 3.63) is 34.6 Å². The van der Waals surface area contributed by atoms with Gasteiger partial charge in [0.25, 0.3) is 0 Å². The van der Waals surface area contributed by atoms with Gasteiger partial charge in [-0.2, -0.15) is 5.26 Å². The fourth-order valence-corrected chi connectivity index (χ4v) is 3.08. The van der Waals surface area contributed by atoms with Crippen LogP contribution in [0.15, 0.2) is 18.2 Å². The van der Waals surface area contributed by atoms with Crippen LogP contribution in [0.4, 0.5) is 9.18 Å². The van der Waals surface area contributed by atoms with E-state index in [1.165, 1.54) is 6.07 Å². The summed E-state index contributed by atoms with van der Waals surface area (Å²) in [6, 6.07) is 6.62. The van der Waals surface area contributed by atoms with Gasteiger partial charge in [0.05, 0.1) is 12.0 Å². The second kappa shape index (κ2) is 7.40. The maximum atomic E-state index is 14.1. The third-order valence-corrected chi connectivity index (χ3v) is 4.33. The first-order valence-electron chi connectivity index (χ1n) is 8.04. The third-order valence-electron chi connectivity index (χ3n) is 4.10. The predicted molar refractivity (Wildman–Crippen MR) is 90.3 cm³/mol. The van der Waals surface area contributed by atoms with Crippen molar-refractivity contribution in [2.45, 2.75) is 45.1 Å². The summed E-state index contributed by atoms with van der Waals surface area (Å²) in [6.45, 7) is 6.49. The smallest absolute Gasteiger partial charge is 0.410 e. The minimum Gasteiger partial charge on any atom is -0.444 e. The molecule has 1 atom stereocenters. The van der Waals surface area contributed by atoms with E-state index in [9.17, 15) is 14.4 Å². The highest BCUT2D eigenvalue weighted by atomic mass is 35.5. The van der Waals surface area contributed by atoms with Crippen molar-refractivity contribution in [3.63, 3.8) is 0 Å². The number of ether oxygens (including phenoxy) is 1. The van der Waals surface area contributed by atoms with Crippen molar-refractivity contribution < 1.29 is 13.9 Å². The van der Waals surface area contributed by atoms with Crippen LogP contribution in [-0.2, 0) is 4.74 Å². The third kappa shape index (κ3) is 4.61. The summed E-state index contributed by atoms with van der Waals surface area (Å²) in [5, 5.41) is 9.81. The van der Waals surface area contributed by atoms with Gasteiger partial charge in [-0.1, -0.05) is 17.7 Å². The molecule has 0 N–H and O–H groups in total. The minimum atomic E-state index is -0.539. The van der Waals surface area contributed by atoms with E-state index < -0.39 is 17.3 Å². The summed E-state index contributed by atoms with van der Waals surface area (Å²) in [5.41, 5.74) is -0.159. The standard InChI is InChI=1S/C18H22ClFN2O2/c1-18(2,3)24-17(23)22-8-6-12(7-9-22)15(11-21)14-5-4-13(19)10-16(14)20/h4-5,10,12,15H,6-9H2,1-3H3/t15-/m0/s1. The quantitative estimate of drug-likeness (QED) is 0.772. The summed E-state index contributed by atoms with van der Waals surface area (Å²) in [6.07, 6.45) is 0.936. The molecule has 0 aromatic heterocycles. The molecule has 24 heavy (non-hydrogen) atoms. The lowest BCUT2D eigenvalue weighted by molar-refractivity contribution is 0.0179. The molecule has 130 valence electrons. The van der Waals surface area contributed by atoms with Gasteiger partial charge >= 0.3 is 6.09 Å². The SMILES string of the molecule is CC(C)(C)OC(=O)N1CCC([C@H](C#N)c2ccc(Cl)cc2F)CC1. The van der Waals surface area contributed by atoms with E-state index in [-0.39, 0.29) is 12.0 Å². The molecule has 0 bridgehead atoms. The molecule has 0 spiro atoms. The predicted octanol–water partition coefficient (Wildman–Crippen LogP) is 4.73. The zero-order chi connectivity index (χ0) is 17.9. The summed E-state index contributed by atoms with van der Waals surface area (Å²) >= 11 is 5.78. The maximum Gasteiger partial charge on any atom is 0.410 e. The van der Waals surface area contributed by atoms with Gasteiger partial charge in [0, 0.05) is 23.7 Å². The number of rotatable bonds is 2. The average molecular weight is 353 g/mol. The van der Waals surface area contributed by atoms with Gasteiger partial charge in [-0.25, -0.2) is 9.18 Å². The Bertz CT molecular complexity index is 643. The number of halogens is 2. The Hall–Kier alpha value is -1.80. The van der Waals surface area contributed by atoms with Crippen molar-refractivity contribution >= 4 is 17.7 Å². The van der Waals surface area contributed by atoms with Crippen LogP contribution in [0.3, 0.4) is 0 Å². The lowest BCUT2D eigenvalue weighted by Gasteiger charge is -2.35. The molecule has 1 heterocycles. The summed E-state index contributed by atoms with van der Waals surface area (Å²) in [4.78, 5) is 13.7. The highest BCUT2D eigenvalue weighted by molar-refractivity contribution is 6.30. The molecular weight excluding hydrogens is 331 g/mol. The second-order valence-corrected chi connectivity index (χ2v) is 7.51. The summed E-state index contributed by atoms with van der Waals surface area (Å²) in [7, 11) is 0. The molecule has 0 unspecified atom stereocenters. The van der Waals surface area contributed by atoms with Crippen molar-refractivity contribution in [3.8, 4) is 6.07 Å². The average Bonchev–Trinajstić information content (AvgIpc) is 2.49. The zero-order valence-electron chi connectivity index (χ0n) is 14.2. The van der Waals surface area contributed by atoms with Gasteiger partial charge in [0.1, 0.15) is 11.4 Å². The van der Waals surface area contributed by atoms with Gasteiger partial charge in [-0.05, 0) is 51.7 Å². The molecule has 0 saturated carbocycles. The van der Waals surface area contributed by atoms with Crippen LogP contribution in [0.5, 0.6) is 0 Å². The van der Waals surface area contributed by atoms with Crippen LogP contribution in [0, 0.1) is 23.1 Å². The first kappa shape index (κ1) is 18.5. The monoisotopic (exact) mass is 352 g/mol. The lowest BCUT2D eigenvalue weighted by Crippen LogP contribution is -2.42. The molecule has 4 nitrogen and oxygen atoms in total. The summed E-state index contributed by atoms with van der Waals surface area (Å²) in [5.74, 6) is -0.990. The first-order valence-corrected chi connectivity index (χ1v) is 8.41. The van der Waals surface area contributed by atoms with Crippen molar-refractivity contribution in [1.82, 2.24) is 4.90 Å². The fraction of sp³-hybridized carbons (Fsp3) is 0.556. The van der Waals surface area contributed by atoms with Crippen LogP contribution in [0.1, 0.15) is 45.1 Å². The molecular formula is C18H22ClFN2O2. The number of nitrogens with zero attached hydrogens (tertiary/aromatic N) is 2. The molecule has 6 heteroatoms. The fourth-order valence-electron chi connectivity index (χ4n) is 2.92. The highest BCUT2D eigenvalue weighted by Gasteiger charge is 2.32. The molecule has 1 aliphatic rings. The van der Waals surface area contributed by atoms with Crippen LogP contribution in [0.2, 0.25) is 5.02 Å². The van der Waals surface area contributed by atoms with E-state index in [4.69, 9.17) is 16.3 Å². The van der Waals surface area contributed by atoms with Crippen LogP contribution < -0.4 is 0 Å². The Morgan fingerprint density at radius 3 is 2.54 bits per heavy atom. The lowest BCUT2D eigenvalue weighted by atomic mass is 9.81. The number of hydrogen-bond acceptors (Lipinski definition) is 3. The Morgan fingerprint density at radius 2 is 2.04 bits per heavy atom. The van der Waals surface area contributed by atoms with E-state index in [0.29, 0.717) is 36.5 Å². The highest BCUT2D eigenvalue weighted by Crippen LogP contribution is 2.34. The molecule has 1 aliphatic heterocycles. The van der Waals surface area contributed by atoms with E-state index in [1.54, 1.807) is 17.0 Å². The molecule has 1 amide bonds. The van der Waals surface area contributed by atoms with Gasteiger partial charge < -0.3 is 9.64 Å². The second-order valence-electron chi connectivity index (χ2n) is 7.08. The molecule has 1 saturated heterocycles. The molecule has 0 radical (unpaired) electrons.